The van der Waals surface area contributed by atoms with Gasteiger partial charge >= 0.3 is 0 Å². The monoisotopic (exact) mass is 316 g/mol. The lowest BCUT2D eigenvalue weighted by molar-refractivity contribution is -0.127. The molecule has 126 valence electrons. The number of carbonyl (C=O) groups is 1. The molecular weight excluding hydrogens is 288 g/mol. The zero-order valence-electron chi connectivity index (χ0n) is 14.3. The molecule has 1 fully saturated rings. The van der Waals surface area contributed by atoms with Crippen molar-refractivity contribution in [3.63, 3.8) is 0 Å². The third kappa shape index (κ3) is 3.59. The minimum absolute atomic E-state index is 0.134. The van der Waals surface area contributed by atoms with Crippen LogP contribution in [0, 0.1) is 5.92 Å². The maximum Gasteiger partial charge on any atom is 0.256 e. The highest BCUT2D eigenvalue weighted by Crippen LogP contribution is 2.30. The molecule has 0 saturated carbocycles. The van der Waals surface area contributed by atoms with Gasteiger partial charge in [-0.2, -0.15) is 0 Å². The third-order valence-corrected chi connectivity index (χ3v) is 5.06. The van der Waals surface area contributed by atoms with Crippen LogP contribution in [0.3, 0.4) is 0 Å². The predicted octanol–water partition coefficient (Wildman–Crippen LogP) is 2.67. The third-order valence-electron chi connectivity index (χ3n) is 5.06. The summed E-state index contributed by atoms with van der Waals surface area (Å²) >= 11 is 0. The van der Waals surface area contributed by atoms with Gasteiger partial charge in [0.2, 0.25) is 0 Å². The molecule has 0 aromatic heterocycles. The number of benzene rings is 1. The molecule has 3 rings (SSSR count). The van der Waals surface area contributed by atoms with Crippen LogP contribution < -0.4 is 10.6 Å². The maximum atomic E-state index is 12.7. The Hall–Kier alpha value is -1.39. The van der Waals surface area contributed by atoms with Crippen molar-refractivity contribution in [3.8, 4) is 0 Å². The minimum Gasteiger partial charge on any atom is -0.368 e. The Morgan fingerprint density at radius 3 is 2.91 bits per heavy atom. The first-order valence-corrected chi connectivity index (χ1v) is 8.86. The van der Waals surface area contributed by atoms with E-state index in [1.807, 2.05) is 4.90 Å². The van der Waals surface area contributed by atoms with E-state index in [1.54, 1.807) is 0 Å². The lowest BCUT2D eigenvalue weighted by Crippen LogP contribution is -2.42. The fourth-order valence-electron chi connectivity index (χ4n) is 3.46. The molecule has 4 nitrogen and oxygen atoms in total. The molecule has 2 N–H and O–H groups in total. The molecule has 0 aliphatic carbocycles. The molecule has 1 aromatic rings. The average molecular weight is 316 g/mol. The van der Waals surface area contributed by atoms with E-state index < -0.39 is 0 Å². The predicted molar refractivity (Wildman–Crippen MR) is 92.6 cm³/mol. The molecule has 0 bridgehead atoms. The van der Waals surface area contributed by atoms with Gasteiger partial charge in [-0.1, -0.05) is 26.0 Å². The van der Waals surface area contributed by atoms with Crippen molar-refractivity contribution in [2.75, 3.05) is 18.1 Å². The van der Waals surface area contributed by atoms with Crippen molar-refractivity contribution < 1.29 is 9.53 Å². The van der Waals surface area contributed by atoms with Crippen LogP contribution in [-0.4, -0.2) is 31.2 Å². The zero-order chi connectivity index (χ0) is 16.4. The average Bonchev–Trinajstić information content (AvgIpc) is 3.07. The van der Waals surface area contributed by atoms with Crippen LogP contribution in [0.1, 0.15) is 44.2 Å². The molecule has 1 amide bonds. The number of aryl methyl sites for hydroxylation is 1. The van der Waals surface area contributed by atoms with E-state index in [1.165, 1.54) is 11.1 Å². The standard InChI is InChI=1S/C19H28N2O2/c1-13(2)16(20)12-14-7-8-17-15(11-14)5-3-9-21(17)19(22)18-6-4-10-23-18/h7-8,11,13,16,18H,3-6,9-10,12,20H2,1-2H3. The molecule has 2 atom stereocenters. The molecule has 1 saturated heterocycles. The number of amides is 1. The zero-order valence-corrected chi connectivity index (χ0v) is 14.3. The minimum atomic E-state index is -0.241. The van der Waals surface area contributed by atoms with Crippen molar-refractivity contribution >= 4 is 11.6 Å². The van der Waals surface area contributed by atoms with Gasteiger partial charge in [0.1, 0.15) is 6.10 Å². The molecule has 23 heavy (non-hydrogen) atoms. The summed E-state index contributed by atoms with van der Waals surface area (Å²) in [6.07, 6.45) is 4.55. The Labute approximate surface area is 139 Å². The summed E-state index contributed by atoms with van der Waals surface area (Å²) in [5.74, 6) is 0.610. The maximum absolute atomic E-state index is 12.7. The highest BCUT2D eigenvalue weighted by atomic mass is 16.5. The van der Waals surface area contributed by atoms with E-state index in [0.29, 0.717) is 12.5 Å². The van der Waals surface area contributed by atoms with E-state index in [0.717, 1.165) is 44.3 Å². The number of anilines is 1. The van der Waals surface area contributed by atoms with Crippen LogP contribution in [0.2, 0.25) is 0 Å². The number of nitrogens with zero attached hydrogens (tertiary/aromatic N) is 1. The summed E-state index contributed by atoms with van der Waals surface area (Å²) in [6, 6.07) is 6.65. The van der Waals surface area contributed by atoms with E-state index in [4.69, 9.17) is 10.5 Å². The number of nitrogens with two attached hydrogens (primary N) is 1. The second-order valence-electron chi connectivity index (χ2n) is 7.17. The summed E-state index contributed by atoms with van der Waals surface area (Å²) in [5.41, 5.74) is 9.82. The second-order valence-corrected chi connectivity index (χ2v) is 7.17. The molecule has 2 unspecified atom stereocenters. The van der Waals surface area contributed by atoms with Gasteiger partial charge in [-0.15, -0.1) is 0 Å². The molecule has 1 aromatic carbocycles. The first-order valence-electron chi connectivity index (χ1n) is 8.86. The highest BCUT2D eigenvalue weighted by molar-refractivity contribution is 5.97. The molecule has 2 heterocycles. The van der Waals surface area contributed by atoms with Crippen LogP contribution >= 0.6 is 0 Å². The number of hydrogen-bond donors (Lipinski definition) is 1. The van der Waals surface area contributed by atoms with Crippen LogP contribution in [-0.2, 0) is 22.4 Å². The molecule has 2 aliphatic rings. The van der Waals surface area contributed by atoms with E-state index in [-0.39, 0.29) is 18.1 Å². The highest BCUT2D eigenvalue weighted by Gasteiger charge is 2.31. The Kier molecular flexibility index (Phi) is 5.02. The fourth-order valence-corrected chi connectivity index (χ4v) is 3.46. The summed E-state index contributed by atoms with van der Waals surface area (Å²) in [4.78, 5) is 14.6. The van der Waals surface area contributed by atoms with Gasteiger partial charge in [-0.25, -0.2) is 0 Å². The van der Waals surface area contributed by atoms with E-state index in [2.05, 4.69) is 32.0 Å². The number of rotatable bonds is 4. The first kappa shape index (κ1) is 16.5. The molecular formula is C19H28N2O2. The van der Waals surface area contributed by atoms with Crippen LogP contribution in [0.4, 0.5) is 5.69 Å². The SMILES string of the molecule is CC(C)C(N)Cc1ccc2c(c1)CCCN2C(=O)C1CCCO1. The van der Waals surface area contributed by atoms with E-state index in [9.17, 15) is 4.79 Å². The van der Waals surface area contributed by atoms with Gasteiger partial charge in [-0.3, -0.25) is 4.79 Å². The normalized spacial score (nSPS) is 22.3. The van der Waals surface area contributed by atoms with Crippen molar-refractivity contribution in [1.29, 1.82) is 0 Å². The van der Waals surface area contributed by atoms with Gasteiger partial charge in [0, 0.05) is 24.9 Å². The summed E-state index contributed by atoms with van der Waals surface area (Å²) in [7, 11) is 0. The van der Waals surface area contributed by atoms with Crippen LogP contribution in [0.15, 0.2) is 18.2 Å². The van der Waals surface area contributed by atoms with Gasteiger partial charge in [-0.05, 0) is 55.2 Å². The van der Waals surface area contributed by atoms with Crippen molar-refractivity contribution in [1.82, 2.24) is 0 Å². The van der Waals surface area contributed by atoms with Gasteiger partial charge in [0.05, 0.1) is 0 Å². The first-order chi connectivity index (χ1) is 11.1. The van der Waals surface area contributed by atoms with Gasteiger partial charge in [0.25, 0.3) is 5.91 Å². The number of carbonyl (C=O) groups excluding carboxylic acids is 1. The van der Waals surface area contributed by atoms with Crippen LogP contribution in [0.25, 0.3) is 0 Å². The van der Waals surface area contributed by atoms with Crippen molar-refractivity contribution in [3.05, 3.63) is 29.3 Å². The molecule has 4 heteroatoms. The Morgan fingerprint density at radius 1 is 1.39 bits per heavy atom. The largest absolute Gasteiger partial charge is 0.368 e. The summed E-state index contributed by atoms with van der Waals surface area (Å²) in [5, 5.41) is 0. The Morgan fingerprint density at radius 2 is 2.22 bits per heavy atom. The van der Waals surface area contributed by atoms with Gasteiger partial charge in [0.15, 0.2) is 0 Å². The molecule has 2 aliphatic heterocycles. The number of hydrogen-bond acceptors (Lipinski definition) is 3. The fraction of sp³-hybridized carbons (Fsp3) is 0.632. The quantitative estimate of drug-likeness (QED) is 0.929. The van der Waals surface area contributed by atoms with Crippen molar-refractivity contribution in [2.24, 2.45) is 11.7 Å². The molecule has 0 radical (unpaired) electrons. The number of fused-ring (bicyclic) bond motifs is 1. The lowest BCUT2D eigenvalue weighted by Gasteiger charge is -2.31. The van der Waals surface area contributed by atoms with E-state index >= 15 is 0 Å². The second kappa shape index (κ2) is 7.02. The summed E-state index contributed by atoms with van der Waals surface area (Å²) in [6.45, 7) is 5.83. The number of ether oxygens (including phenoxy) is 1. The van der Waals surface area contributed by atoms with Gasteiger partial charge < -0.3 is 15.4 Å². The lowest BCUT2D eigenvalue weighted by atomic mass is 9.93. The Balaban J connectivity index is 1.78. The van der Waals surface area contributed by atoms with Crippen LogP contribution in [0.5, 0.6) is 0 Å². The topological polar surface area (TPSA) is 55.6 Å². The van der Waals surface area contributed by atoms with Crippen molar-refractivity contribution in [2.45, 2.75) is 58.1 Å². The smallest absolute Gasteiger partial charge is 0.256 e. The summed E-state index contributed by atoms with van der Waals surface area (Å²) < 4.78 is 5.58. The Bertz CT molecular complexity index is 564. The molecule has 0 spiro atoms.